The van der Waals surface area contributed by atoms with Gasteiger partial charge in [0.25, 0.3) is 0 Å². The molecule has 1 aromatic rings. The second-order valence-electron chi connectivity index (χ2n) is 4.79. The molecule has 3 nitrogen and oxygen atoms in total. The van der Waals surface area contributed by atoms with E-state index in [-0.39, 0.29) is 0 Å². The monoisotopic (exact) mass is 217 g/mol. The lowest BCUT2D eigenvalue weighted by Gasteiger charge is -2.20. The number of benzene rings is 1. The zero-order valence-corrected chi connectivity index (χ0v) is 9.12. The topological polar surface area (TPSA) is 49.3 Å². The third kappa shape index (κ3) is 1.31. The molecule has 2 N–H and O–H groups in total. The summed E-state index contributed by atoms with van der Waals surface area (Å²) >= 11 is 0. The maximum Gasteiger partial charge on any atom is 0.314 e. The molecule has 0 amide bonds. The number of rotatable bonds is 2. The van der Waals surface area contributed by atoms with Gasteiger partial charge in [-0.2, -0.15) is 0 Å². The van der Waals surface area contributed by atoms with Crippen LogP contribution in [-0.4, -0.2) is 17.6 Å². The van der Waals surface area contributed by atoms with Gasteiger partial charge in [0, 0.05) is 12.2 Å². The maximum absolute atomic E-state index is 11.2. The van der Waals surface area contributed by atoms with Gasteiger partial charge in [0.1, 0.15) is 0 Å². The molecule has 3 rings (SSSR count). The van der Waals surface area contributed by atoms with Crippen molar-refractivity contribution in [1.29, 1.82) is 0 Å². The molecule has 84 valence electrons. The van der Waals surface area contributed by atoms with Gasteiger partial charge in [-0.15, -0.1) is 0 Å². The van der Waals surface area contributed by atoms with Crippen LogP contribution in [0.1, 0.15) is 30.4 Å². The molecular weight excluding hydrogens is 202 g/mol. The molecule has 1 aliphatic heterocycles. The lowest BCUT2D eigenvalue weighted by Crippen LogP contribution is -2.20. The van der Waals surface area contributed by atoms with Crippen molar-refractivity contribution in [2.45, 2.75) is 31.1 Å². The summed E-state index contributed by atoms with van der Waals surface area (Å²) in [4.78, 5) is 11.2. The molecule has 1 aliphatic carbocycles. The van der Waals surface area contributed by atoms with Crippen LogP contribution in [0.4, 0.5) is 5.69 Å². The molecule has 0 radical (unpaired) electrons. The van der Waals surface area contributed by atoms with Gasteiger partial charge in [0.05, 0.1) is 5.41 Å². The summed E-state index contributed by atoms with van der Waals surface area (Å²) in [6.45, 7) is 1.02. The largest absolute Gasteiger partial charge is 0.481 e. The average Bonchev–Trinajstić information content (AvgIpc) is 3.09. The van der Waals surface area contributed by atoms with Crippen LogP contribution >= 0.6 is 0 Å². The summed E-state index contributed by atoms with van der Waals surface area (Å²) in [6, 6.07) is 6.09. The van der Waals surface area contributed by atoms with Crippen LogP contribution in [0.15, 0.2) is 18.2 Å². The molecule has 0 bridgehead atoms. The summed E-state index contributed by atoms with van der Waals surface area (Å²) < 4.78 is 0. The number of carboxylic acid groups (broad SMARTS) is 1. The first-order chi connectivity index (χ1) is 7.72. The fourth-order valence-electron chi connectivity index (χ4n) is 2.52. The third-order valence-corrected chi connectivity index (χ3v) is 3.76. The minimum Gasteiger partial charge on any atom is -0.481 e. The lowest BCUT2D eigenvalue weighted by molar-refractivity contribution is -0.140. The highest BCUT2D eigenvalue weighted by atomic mass is 16.4. The number of carbonyl (C=O) groups is 1. The Balaban J connectivity index is 2.00. The van der Waals surface area contributed by atoms with Crippen molar-refractivity contribution in [3.05, 3.63) is 29.3 Å². The van der Waals surface area contributed by atoms with Gasteiger partial charge in [-0.05, 0) is 42.9 Å². The van der Waals surface area contributed by atoms with E-state index in [1.54, 1.807) is 0 Å². The van der Waals surface area contributed by atoms with E-state index < -0.39 is 11.4 Å². The summed E-state index contributed by atoms with van der Waals surface area (Å²) in [6.07, 6.45) is 3.77. The molecule has 0 atom stereocenters. The molecule has 16 heavy (non-hydrogen) atoms. The Bertz CT molecular complexity index is 449. The molecule has 0 spiro atoms. The fraction of sp³-hybridized carbons (Fsp3) is 0.462. The number of aliphatic carboxylic acids is 1. The Labute approximate surface area is 94.5 Å². The average molecular weight is 217 g/mol. The smallest absolute Gasteiger partial charge is 0.314 e. The molecule has 1 aromatic carbocycles. The van der Waals surface area contributed by atoms with Crippen molar-refractivity contribution in [2.24, 2.45) is 0 Å². The molecule has 1 heterocycles. The van der Waals surface area contributed by atoms with E-state index in [1.165, 1.54) is 11.3 Å². The normalized spacial score (nSPS) is 20.8. The van der Waals surface area contributed by atoms with Crippen LogP contribution in [0.5, 0.6) is 0 Å². The zero-order valence-electron chi connectivity index (χ0n) is 9.12. The lowest BCUT2D eigenvalue weighted by atomic mass is 9.91. The summed E-state index contributed by atoms with van der Waals surface area (Å²) in [7, 11) is 0. The van der Waals surface area contributed by atoms with E-state index in [0.29, 0.717) is 0 Å². The zero-order chi connectivity index (χ0) is 11.2. The quantitative estimate of drug-likeness (QED) is 0.798. The summed E-state index contributed by atoms with van der Waals surface area (Å²) in [5.41, 5.74) is 2.88. The van der Waals surface area contributed by atoms with Gasteiger partial charge in [-0.25, -0.2) is 0 Å². The fourth-order valence-corrected chi connectivity index (χ4v) is 2.52. The Kier molecular flexibility index (Phi) is 1.96. The molecule has 0 unspecified atom stereocenters. The van der Waals surface area contributed by atoms with E-state index in [1.807, 2.05) is 12.1 Å². The first-order valence-corrected chi connectivity index (χ1v) is 5.83. The number of carboxylic acids is 1. The molecule has 3 heteroatoms. The Hall–Kier alpha value is -1.51. The second kappa shape index (κ2) is 3.24. The first-order valence-electron chi connectivity index (χ1n) is 5.83. The minimum absolute atomic E-state index is 0.563. The number of fused-ring (bicyclic) bond motifs is 1. The second-order valence-corrected chi connectivity index (χ2v) is 4.79. The standard InChI is InChI=1S/C13H15NO2/c15-12(16)13(5-6-13)10-3-4-11-9(8-10)2-1-7-14-11/h3-4,8,14H,1-2,5-7H2,(H,15,16). The predicted molar refractivity (Wildman–Crippen MR) is 61.8 cm³/mol. The van der Waals surface area contributed by atoms with E-state index in [4.69, 9.17) is 0 Å². The Morgan fingerprint density at radius 3 is 2.88 bits per heavy atom. The van der Waals surface area contributed by atoms with E-state index >= 15 is 0 Å². The Morgan fingerprint density at radius 1 is 1.38 bits per heavy atom. The maximum atomic E-state index is 11.2. The highest BCUT2D eigenvalue weighted by Crippen LogP contribution is 2.49. The number of aryl methyl sites for hydroxylation is 1. The Morgan fingerprint density at radius 2 is 2.19 bits per heavy atom. The van der Waals surface area contributed by atoms with Crippen LogP contribution in [0.2, 0.25) is 0 Å². The van der Waals surface area contributed by atoms with Crippen LogP contribution < -0.4 is 5.32 Å². The van der Waals surface area contributed by atoms with Crippen LogP contribution in [0.3, 0.4) is 0 Å². The summed E-state index contributed by atoms with van der Waals surface area (Å²) in [5.74, 6) is -0.670. The number of nitrogens with one attached hydrogen (secondary N) is 1. The van der Waals surface area contributed by atoms with Gasteiger partial charge in [-0.3, -0.25) is 4.79 Å². The number of hydrogen-bond acceptors (Lipinski definition) is 2. The van der Waals surface area contributed by atoms with Crippen molar-refractivity contribution < 1.29 is 9.90 Å². The van der Waals surface area contributed by atoms with Crippen LogP contribution in [-0.2, 0) is 16.6 Å². The van der Waals surface area contributed by atoms with Gasteiger partial charge >= 0.3 is 5.97 Å². The number of hydrogen-bond donors (Lipinski definition) is 2. The van der Waals surface area contributed by atoms with E-state index in [2.05, 4.69) is 11.4 Å². The molecular formula is C13H15NO2. The van der Waals surface area contributed by atoms with Crippen LogP contribution in [0.25, 0.3) is 0 Å². The number of anilines is 1. The van der Waals surface area contributed by atoms with Gasteiger partial charge in [-0.1, -0.05) is 12.1 Å². The first kappa shape index (κ1) is 9.70. The summed E-state index contributed by atoms with van der Waals surface area (Å²) in [5, 5.41) is 12.6. The van der Waals surface area contributed by atoms with Crippen molar-refractivity contribution in [3.63, 3.8) is 0 Å². The molecule has 1 fully saturated rings. The van der Waals surface area contributed by atoms with Crippen molar-refractivity contribution in [2.75, 3.05) is 11.9 Å². The highest BCUT2D eigenvalue weighted by molar-refractivity contribution is 5.85. The molecule has 2 aliphatic rings. The van der Waals surface area contributed by atoms with Crippen molar-refractivity contribution >= 4 is 11.7 Å². The molecule has 1 saturated carbocycles. The van der Waals surface area contributed by atoms with Crippen molar-refractivity contribution in [3.8, 4) is 0 Å². The SMILES string of the molecule is O=C(O)C1(c2ccc3c(c2)CCCN3)CC1. The van der Waals surface area contributed by atoms with Gasteiger partial charge < -0.3 is 10.4 Å². The van der Waals surface area contributed by atoms with Gasteiger partial charge in [0.15, 0.2) is 0 Å². The van der Waals surface area contributed by atoms with Gasteiger partial charge in [0.2, 0.25) is 0 Å². The van der Waals surface area contributed by atoms with Crippen LogP contribution in [0, 0.1) is 0 Å². The van der Waals surface area contributed by atoms with E-state index in [0.717, 1.165) is 37.8 Å². The van der Waals surface area contributed by atoms with E-state index in [9.17, 15) is 9.90 Å². The molecule has 0 aromatic heterocycles. The predicted octanol–water partition coefficient (Wildman–Crippen LogP) is 2.16. The highest BCUT2D eigenvalue weighted by Gasteiger charge is 2.51. The third-order valence-electron chi connectivity index (χ3n) is 3.76. The van der Waals surface area contributed by atoms with Crippen molar-refractivity contribution in [1.82, 2.24) is 0 Å². The molecule has 0 saturated heterocycles. The minimum atomic E-state index is -0.670.